The summed E-state index contributed by atoms with van der Waals surface area (Å²) in [4.78, 5) is 0. The molecule has 1 aromatic carbocycles. The van der Waals surface area contributed by atoms with E-state index in [1.54, 1.807) is 0 Å². The monoisotopic (exact) mass is 274 g/mol. The lowest BCUT2D eigenvalue weighted by Gasteiger charge is -2.28. The molecule has 100 valence electrons. The van der Waals surface area contributed by atoms with Crippen molar-refractivity contribution in [1.29, 1.82) is 0 Å². The Kier molecular flexibility index (Phi) is 2.63. The van der Waals surface area contributed by atoms with Crippen LogP contribution in [0.2, 0.25) is 5.02 Å². The second-order valence-corrected chi connectivity index (χ2v) is 6.89. The summed E-state index contributed by atoms with van der Waals surface area (Å²) in [5.74, 6) is 3.35. The van der Waals surface area contributed by atoms with Gasteiger partial charge in [0.05, 0.1) is 11.7 Å². The fraction of sp³-hybridized carbons (Fsp3) is 0.562. The molecule has 19 heavy (non-hydrogen) atoms. The zero-order valence-corrected chi connectivity index (χ0v) is 12.0. The number of aromatic nitrogens is 2. The van der Waals surface area contributed by atoms with Gasteiger partial charge in [-0.25, -0.2) is 0 Å². The molecule has 1 aromatic heterocycles. The van der Waals surface area contributed by atoms with Gasteiger partial charge in [-0.2, -0.15) is 5.10 Å². The lowest BCUT2D eigenvalue weighted by molar-refractivity contribution is 0.293. The molecule has 4 atom stereocenters. The maximum absolute atomic E-state index is 6.27. The first kappa shape index (κ1) is 11.8. The maximum Gasteiger partial charge on any atom is 0.0686 e. The average molecular weight is 275 g/mol. The number of hydrogen-bond donors (Lipinski definition) is 1. The van der Waals surface area contributed by atoms with E-state index in [0.717, 1.165) is 28.2 Å². The molecule has 2 aromatic rings. The molecule has 1 N–H and O–H groups in total. The van der Waals surface area contributed by atoms with Crippen molar-refractivity contribution in [1.82, 2.24) is 10.2 Å². The summed E-state index contributed by atoms with van der Waals surface area (Å²) in [6, 6.07) is 4.14. The van der Waals surface area contributed by atoms with Crippen molar-refractivity contribution in [3.05, 3.63) is 28.9 Å². The fourth-order valence-corrected chi connectivity index (χ4v) is 4.78. The van der Waals surface area contributed by atoms with Crippen molar-refractivity contribution in [2.75, 3.05) is 0 Å². The number of benzene rings is 1. The van der Waals surface area contributed by atoms with Crippen LogP contribution in [-0.2, 0) is 0 Å². The molecule has 1 heterocycles. The molecule has 4 rings (SSSR count). The number of rotatable bonds is 2. The van der Waals surface area contributed by atoms with E-state index in [-0.39, 0.29) is 0 Å². The summed E-state index contributed by atoms with van der Waals surface area (Å²) >= 11 is 6.27. The Morgan fingerprint density at radius 2 is 2.21 bits per heavy atom. The van der Waals surface area contributed by atoms with Crippen LogP contribution in [-0.4, -0.2) is 10.2 Å². The molecule has 3 heteroatoms. The lowest BCUT2D eigenvalue weighted by Crippen LogP contribution is -2.17. The van der Waals surface area contributed by atoms with Gasteiger partial charge in [0, 0.05) is 10.4 Å². The topological polar surface area (TPSA) is 28.7 Å². The SMILES string of the molecule is CC(c1cc(Cl)cc2cn[nH]c12)C1CC2CCC1C2. The molecule has 2 nitrogen and oxygen atoms in total. The summed E-state index contributed by atoms with van der Waals surface area (Å²) in [6.45, 7) is 2.37. The van der Waals surface area contributed by atoms with Crippen molar-refractivity contribution in [3.63, 3.8) is 0 Å². The minimum atomic E-state index is 0.581. The fourth-order valence-electron chi connectivity index (χ4n) is 4.54. The Morgan fingerprint density at radius 1 is 1.32 bits per heavy atom. The Morgan fingerprint density at radius 3 is 2.95 bits per heavy atom. The van der Waals surface area contributed by atoms with Crippen LogP contribution in [0.15, 0.2) is 18.3 Å². The standard InChI is InChI=1S/C16H19ClN2/c1-9(14-5-10-2-3-11(14)4-10)15-7-13(17)6-12-8-18-19-16(12)15/h6-11,14H,2-5H2,1H3,(H,18,19). The van der Waals surface area contributed by atoms with Crippen molar-refractivity contribution in [2.24, 2.45) is 17.8 Å². The van der Waals surface area contributed by atoms with Crippen molar-refractivity contribution < 1.29 is 0 Å². The van der Waals surface area contributed by atoms with Crippen LogP contribution < -0.4 is 0 Å². The molecule has 2 aliphatic carbocycles. The van der Waals surface area contributed by atoms with Gasteiger partial charge >= 0.3 is 0 Å². The highest BCUT2D eigenvalue weighted by atomic mass is 35.5. The van der Waals surface area contributed by atoms with Crippen LogP contribution in [0.1, 0.15) is 44.1 Å². The first-order chi connectivity index (χ1) is 9.22. The third kappa shape index (κ3) is 1.80. The van der Waals surface area contributed by atoms with Crippen molar-refractivity contribution in [3.8, 4) is 0 Å². The highest BCUT2D eigenvalue weighted by molar-refractivity contribution is 6.31. The van der Waals surface area contributed by atoms with Gasteiger partial charge in [-0.05, 0) is 60.6 Å². The van der Waals surface area contributed by atoms with E-state index < -0.39 is 0 Å². The van der Waals surface area contributed by atoms with Crippen LogP contribution in [0, 0.1) is 17.8 Å². The van der Waals surface area contributed by atoms with Gasteiger partial charge in [-0.1, -0.05) is 24.9 Å². The Labute approximate surface area is 118 Å². The van der Waals surface area contributed by atoms with Crippen LogP contribution in [0.5, 0.6) is 0 Å². The van der Waals surface area contributed by atoms with Gasteiger partial charge in [-0.3, -0.25) is 5.10 Å². The van der Waals surface area contributed by atoms with Gasteiger partial charge in [-0.15, -0.1) is 0 Å². The third-order valence-electron chi connectivity index (χ3n) is 5.47. The van der Waals surface area contributed by atoms with Gasteiger partial charge < -0.3 is 0 Å². The minimum Gasteiger partial charge on any atom is -0.278 e. The summed E-state index contributed by atoms with van der Waals surface area (Å²) in [5.41, 5.74) is 2.54. The second kappa shape index (κ2) is 4.24. The number of H-pyrrole nitrogens is 1. The van der Waals surface area contributed by atoms with E-state index in [1.165, 1.54) is 36.8 Å². The highest BCUT2D eigenvalue weighted by Crippen LogP contribution is 2.53. The molecule has 0 aliphatic heterocycles. The number of nitrogens with zero attached hydrogens (tertiary/aromatic N) is 1. The molecule has 0 amide bonds. The number of aromatic amines is 1. The number of fused-ring (bicyclic) bond motifs is 3. The van der Waals surface area contributed by atoms with Crippen LogP contribution in [0.3, 0.4) is 0 Å². The summed E-state index contributed by atoms with van der Waals surface area (Å²) in [5, 5.41) is 9.30. The summed E-state index contributed by atoms with van der Waals surface area (Å²) in [7, 11) is 0. The zero-order chi connectivity index (χ0) is 13.0. The Hall–Kier alpha value is -1.02. The summed E-state index contributed by atoms with van der Waals surface area (Å²) < 4.78 is 0. The average Bonchev–Trinajstić information content (AvgIpc) is 3.11. The van der Waals surface area contributed by atoms with E-state index in [1.807, 2.05) is 12.3 Å². The molecule has 4 unspecified atom stereocenters. The van der Waals surface area contributed by atoms with Crippen LogP contribution >= 0.6 is 11.6 Å². The normalized spacial score (nSPS) is 31.2. The molecule has 0 saturated heterocycles. The molecular weight excluding hydrogens is 256 g/mol. The second-order valence-electron chi connectivity index (χ2n) is 6.46. The van der Waals surface area contributed by atoms with E-state index in [2.05, 4.69) is 23.2 Å². The highest BCUT2D eigenvalue weighted by Gasteiger charge is 2.42. The third-order valence-corrected chi connectivity index (χ3v) is 5.69. The van der Waals surface area contributed by atoms with E-state index in [0.29, 0.717) is 5.92 Å². The smallest absolute Gasteiger partial charge is 0.0686 e. The van der Waals surface area contributed by atoms with Gasteiger partial charge in [0.15, 0.2) is 0 Å². The number of nitrogens with one attached hydrogen (secondary N) is 1. The Bertz CT molecular complexity index is 618. The number of hydrogen-bond acceptors (Lipinski definition) is 1. The van der Waals surface area contributed by atoms with Gasteiger partial charge in [0.1, 0.15) is 0 Å². The molecule has 0 radical (unpaired) electrons. The van der Waals surface area contributed by atoms with Crippen LogP contribution in [0.4, 0.5) is 0 Å². The van der Waals surface area contributed by atoms with E-state index in [4.69, 9.17) is 11.6 Å². The predicted octanol–water partition coefficient (Wildman–Crippen LogP) is 4.76. The predicted molar refractivity (Wildman–Crippen MR) is 78.5 cm³/mol. The lowest BCUT2D eigenvalue weighted by atomic mass is 9.77. The van der Waals surface area contributed by atoms with Gasteiger partial charge in [0.2, 0.25) is 0 Å². The van der Waals surface area contributed by atoms with Crippen molar-refractivity contribution >= 4 is 22.5 Å². The molecule has 2 saturated carbocycles. The van der Waals surface area contributed by atoms with Crippen molar-refractivity contribution in [2.45, 2.75) is 38.5 Å². The quantitative estimate of drug-likeness (QED) is 0.841. The molecule has 0 spiro atoms. The number of halogens is 1. The first-order valence-electron chi connectivity index (χ1n) is 7.35. The van der Waals surface area contributed by atoms with Gasteiger partial charge in [0.25, 0.3) is 0 Å². The first-order valence-corrected chi connectivity index (χ1v) is 7.72. The van der Waals surface area contributed by atoms with E-state index in [9.17, 15) is 0 Å². The van der Waals surface area contributed by atoms with E-state index >= 15 is 0 Å². The molecular formula is C16H19ClN2. The minimum absolute atomic E-state index is 0.581. The molecule has 2 fully saturated rings. The maximum atomic E-state index is 6.27. The molecule has 2 aliphatic rings. The molecule has 2 bridgehead atoms. The summed E-state index contributed by atoms with van der Waals surface area (Å²) in [6.07, 6.45) is 7.64. The van der Waals surface area contributed by atoms with Crippen LogP contribution in [0.25, 0.3) is 10.9 Å². The largest absolute Gasteiger partial charge is 0.278 e. The zero-order valence-electron chi connectivity index (χ0n) is 11.2. The Balaban J connectivity index is 1.75.